The van der Waals surface area contributed by atoms with Crippen molar-refractivity contribution in [1.82, 2.24) is 15.1 Å². The molecule has 0 atom stereocenters. The lowest BCUT2D eigenvalue weighted by Crippen LogP contribution is -2.44. The summed E-state index contributed by atoms with van der Waals surface area (Å²) >= 11 is 0. The quantitative estimate of drug-likeness (QED) is 0.637. The van der Waals surface area contributed by atoms with Crippen LogP contribution in [0.4, 0.5) is 0 Å². The van der Waals surface area contributed by atoms with Crippen LogP contribution in [0.2, 0.25) is 0 Å². The van der Waals surface area contributed by atoms with Crippen molar-refractivity contribution in [3.05, 3.63) is 0 Å². The van der Waals surface area contributed by atoms with Crippen molar-refractivity contribution in [2.75, 3.05) is 52.9 Å². The maximum atomic E-state index is 3.45. The minimum Gasteiger partial charge on any atom is -0.317 e. The molecule has 1 saturated heterocycles. The van der Waals surface area contributed by atoms with Gasteiger partial charge in [-0.2, -0.15) is 0 Å². The van der Waals surface area contributed by atoms with E-state index in [1.165, 1.54) is 65.1 Å². The zero-order valence-corrected chi connectivity index (χ0v) is 10.5. The molecule has 1 heterocycles. The van der Waals surface area contributed by atoms with Gasteiger partial charge in [-0.25, -0.2) is 0 Å². The third-order valence-electron chi connectivity index (χ3n) is 3.10. The minimum absolute atomic E-state index is 1.18. The first-order chi connectivity index (χ1) is 7.33. The van der Waals surface area contributed by atoms with Gasteiger partial charge >= 0.3 is 0 Å². The fraction of sp³-hybridized carbons (Fsp3) is 1.00. The predicted octanol–water partition coefficient (Wildman–Crippen LogP) is 1.01. The van der Waals surface area contributed by atoms with Gasteiger partial charge in [0.15, 0.2) is 0 Å². The first-order valence-electron chi connectivity index (χ1n) is 6.44. The zero-order chi connectivity index (χ0) is 10.9. The van der Waals surface area contributed by atoms with Gasteiger partial charge in [0.2, 0.25) is 0 Å². The summed E-state index contributed by atoms with van der Waals surface area (Å²) < 4.78 is 0. The van der Waals surface area contributed by atoms with Gasteiger partial charge in [-0.05, 0) is 45.9 Å². The van der Waals surface area contributed by atoms with Crippen LogP contribution in [-0.2, 0) is 0 Å². The van der Waals surface area contributed by atoms with Crippen LogP contribution in [0.5, 0.6) is 0 Å². The molecule has 3 nitrogen and oxygen atoms in total. The van der Waals surface area contributed by atoms with Crippen molar-refractivity contribution >= 4 is 0 Å². The Bertz CT molecular complexity index is 142. The highest BCUT2D eigenvalue weighted by molar-refractivity contribution is 4.68. The summed E-state index contributed by atoms with van der Waals surface area (Å²) in [5.74, 6) is 0. The fourth-order valence-corrected chi connectivity index (χ4v) is 1.96. The summed E-state index contributed by atoms with van der Waals surface area (Å²) in [5.41, 5.74) is 0. The Morgan fingerprint density at radius 1 is 1.00 bits per heavy atom. The summed E-state index contributed by atoms with van der Waals surface area (Å²) in [7, 11) is 2.21. The lowest BCUT2D eigenvalue weighted by molar-refractivity contribution is 0.152. The van der Waals surface area contributed by atoms with E-state index in [0.717, 1.165) is 0 Å². The van der Waals surface area contributed by atoms with Crippen LogP contribution < -0.4 is 5.32 Å². The number of nitrogens with one attached hydrogen (secondary N) is 1. The average molecular weight is 213 g/mol. The van der Waals surface area contributed by atoms with Gasteiger partial charge in [-0.1, -0.05) is 6.92 Å². The molecule has 0 aromatic heterocycles. The molecular formula is C12H27N3. The maximum absolute atomic E-state index is 3.45. The van der Waals surface area contributed by atoms with E-state index in [9.17, 15) is 0 Å². The molecule has 0 radical (unpaired) electrons. The summed E-state index contributed by atoms with van der Waals surface area (Å²) in [6.45, 7) is 10.9. The topological polar surface area (TPSA) is 18.5 Å². The highest BCUT2D eigenvalue weighted by Gasteiger charge is 2.12. The van der Waals surface area contributed by atoms with E-state index in [1.54, 1.807) is 0 Å². The summed E-state index contributed by atoms with van der Waals surface area (Å²) in [6, 6.07) is 0. The van der Waals surface area contributed by atoms with E-state index in [0.29, 0.717) is 0 Å². The molecule has 1 rings (SSSR count). The molecule has 0 aliphatic carbocycles. The molecule has 0 bridgehead atoms. The summed E-state index contributed by atoms with van der Waals surface area (Å²) in [5, 5.41) is 3.45. The van der Waals surface area contributed by atoms with Gasteiger partial charge in [0.25, 0.3) is 0 Å². The van der Waals surface area contributed by atoms with Crippen molar-refractivity contribution in [3.8, 4) is 0 Å². The van der Waals surface area contributed by atoms with Crippen molar-refractivity contribution < 1.29 is 0 Å². The van der Waals surface area contributed by atoms with Crippen LogP contribution in [0.1, 0.15) is 26.2 Å². The Balaban J connectivity index is 1.87. The number of nitrogens with zero attached hydrogens (tertiary/aromatic N) is 2. The van der Waals surface area contributed by atoms with Crippen LogP contribution in [0.25, 0.3) is 0 Å². The second-order valence-corrected chi connectivity index (χ2v) is 4.60. The number of likely N-dealkylation sites (N-methyl/N-ethyl adjacent to an activating group) is 1. The van der Waals surface area contributed by atoms with Gasteiger partial charge in [0, 0.05) is 26.2 Å². The lowest BCUT2D eigenvalue weighted by Gasteiger charge is -2.32. The van der Waals surface area contributed by atoms with Gasteiger partial charge in [0.05, 0.1) is 0 Å². The first kappa shape index (κ1) is 12.9. The normalized spacial score (nSPS) is 19.6. The number of hydrogen-bond donors (Lipinski definition) is 1. The largest absolute Gasteiger partial charge is 0.317 e. The SMILES string of the molecule is CCCNCCCCN1CCN(C)CC1. The Morgan fingerprint density at radius 3 is 2.40 bits per heavy atom. The Hall–Kier alpha value is -0.120. The number of hydrogen-bond acceptors (Lipinski definition) is 3. The summed E-state index contributed by atoms with van der Waals surface area (Å²) in [6.07, 6.45) is 3.92. The molecule has 0 amide bonds. The highest BCUT2D eigenvalue weighted by Crippen LogP contribution is 2.01. The third kappa shape index (κ3) is 6.13. The molecule has 0 saturated carbocycles. The standard InChI is InChI=1S/C12H27N3/c1-3-6-13-7-4-5-8-15-11-9-14(2)10-12-15/h13H,3-12H2,1-2H3. The van der Waals surface area contributed by atoms with E-state index < -0.39 is 0 Å². The van der Waals surface area contributed by atoms with Gasteiger partial charge in [-0.3, -0.25) is 0 Å². The van der Waals surface area contributed by atoms with Crippen molar-refractivity contribution in [2.24, 2.45) is 0 Å². The van der Waals surface area contributed by atoms with Crippen LogP contribution in [0.3, 0.4) is 0 Å². The van der Waals surface area contributed by atoms with Crippen LogP contribution in [0, 0.1) is 0 Å². The maximum Gasteiger partial charge on any atom is 0.0110 e. The molecule has 0 aromatic rings. The smallest absolute Gasteiger partial charge is 0.0110 e. The molecule has 0 aromatic carbocycles. The van der Waals surface area contributed by atoms with E-state index >= 15 is 0 Å². The van der Waals surface area contributed by atoms with E-state index in [4.69, 9.17) is 0 Å². The number of piperazine rings is 1. The molecule has 1 aliphatic rings. The molecule has 3 heteroatoms. The zero-order valence-electron chi connectivity index (χ0n) is 10.5. The minimum atomic E-state index is 1.18. The van der Waals surface area contributed by atoms with E-state index in [-0.39, 0.29) is 0 Å². The Labute approximate surface area is 94.8 Å². The lowest BCUT2D eigenvalue weighted by atomic mass is 10.2. The molecule has 1 N–H and O–H groups in total. The van der Waals surface area contributed by atoms with Gasteiger partial charge in [0.1, 0.15) is 0 Å². The van der Waals surface area contributed by atoms with Crippen molar-refractivity contribution in [1.29, 1.82) is 0 Å². The molecule has 15 heavy (non-hydrogen) atoms. The molecule has 90 valence electrons. The van der Waals surface area contributed by atoms with E-state index in [2.05, 4.69) is 29.1 Å². The highest BCUT2D eigenvalue weighted by atomic mass is 15.2. The third-order valence-corrected chi connectivity index (χ3v) is 3.10. The van der Waals surface area contributed by atoms with Gasteiger partial charge in [-0.15, -0.1) is 0 Å². The first-order valence-corrected chi connectivity index (χ1v) is 6.44. The molecule has 0 unspecified atom stereocenters. The van der Waals surface area contributed by atoms with Crippen molar-refractivity contribution in [3.63, 3.8) is 0 Å². The number of rotatable bonds is 7. The van der Waals surface area contributed by atoms with Crippen LogP contribution >= 0.6 is 0 Å². The molecule has 0 spiro atoms. The molecule has 1 aliphatic heterocycles. The van der Waals surface area contributed by atoms with Crippen LogP contribution in [-0.4, -0.2) is 62.7 Å². The van der Waals surface area contributed by atoms with E-state index in [1.807, 2.05) is 0 Å². The second kappa shape index (κ2) is 8.08. The van der Waals surface area contributed by atoms with Crippen LogP contribution in [0.15, 0.2) is 0 Å². The monoisotopic (exact) mass is 213 g/mol. The Morgan fingerprint density at radius 2 is 1.73 bits per heavy atom. The van der Waals surface area contributed by atoms with Crippen molar-refractivity contribution in [2.45, 2.75) is 26.2 Å². The molecular weight excluding hydrogens is 186 g/mol. The Kier molecular flexibility index (Phi) is 6.98. The number of unbranched alkanes of at least 4 members (excludes halogenated alkanes) is 1. The average Bonchev–Trinajstić information content (AvgIpc) is 2.26. The fourth-order valence-electron chi connectivity index (χ4n) is 1.96. The second-order valence-electron chi connectivity index (χ2n) is 4.60. The summed E-state index contributed by atoms with van der Waals surface area (Å²) in [4.78, 5) is 5.01. The predicted molar refractivity (Wildman–Crippen MR) is 66.3 cm³/mol. The molecule has 1 fully saturated rings. The van der Waals surface area contributed by atoms with Gasteiger partial charge < -0.3 is 15.1 Å².